The van der Waals surface area contributed by atoms with Gasteiger partial charge in [-0.3, -0.25) is 4.79 Å². The number of halogens is 1. The van der Waals surface area contributed by atoms with Gasteiger partial charge in [0.1, 0.15) is 0 Å². The Hall–Kier alpha value is -1.89. The number of carbonyl (C=O) groups is 1. The largest absolute Gasteiger partial charge is 0.355 e. The zero-order valence-electron chi connectivity index (χ0n) is 18.5. The summed E-state index contributed by atoms with van der Waals surface area (Å²) in [5, 5.41) is 3.92. The molecule has 1 amide bonds. The first-order valence-electron chi connectivity index (χ1n) is 11.4. The van der Waals surface area contributed by atoms with E-state index < -0.39 is 10.0 Å². The number of benzene rings is 2. The van der Waals surface area contributed by atoms with Crippen molar-refractivity contribution in [1.29, 1.82) is 0 Å². The molecule has 1 aliphatic carbocycles. The molecule has 1 saturated heterocycles. The number of piperidine rings is 1. The Morgan fingerprint density at radius 3 is 2.22 bits per heavy atom. The third kappa shape index (κ3) is 4.87. The van der Waals surface area contributed by atoms with Gasteiger partial charge in [-0.05, 0) is 62.4 Å². The topological polar surface area (TPSA) is 66.5 Å². The molecule has 0 bridgehead atoms. The normalized spacial score (nSPS) is 19.7. The Balaban J connectivity index is 1.35. The molecule has 1 saturated carbocycles. The average molecular weight is 475 g/mol. The van der Waals surface area contributed by atoms with Gasteiger partial charge in [0, 0.05) is 36.0 Å². The van der Waals surface area contributed by atoms with Gasteiger partial charge in [0.2, 0.25) is 15.9 Å². The molecule has 2 fully saturated rings. The lowest BCUT2D eigenvalue weighted by atomic mass is 9.78. The van der Waals surface area contributed by atoms with Crippen LogP contribution in [0.3, 0.4) is 0 Å². The van der Waals surface area contributed by atoms with Crippen LogP contribution >= 0.6 is 11.6 Å². The second-order valence-corrected chi connectivity index (χ2v) is 11.6. The Bertz CT molecular complexity index is 1040. The molecular formula is C25H31ClN2O3S. The molecule has 2 aliphatic rings. The lowest BCUT2D eigenvalue weighted by Gasteiger charge is -2.33. The van der Waals surface area contributed by atoms with E-state index in [0.717, 1.165) is 36.3 Å². The van der Waals surface area contributed by atoms with Crippen LogP contribution in [0.1, 0.15) is 49.7 Å². The number of hydrogen-bond donors (Lipinski definition) is 1. The minimum atomic E-state index is -3.51. The first-order valence-corrected chi connectivity index (χ1v) is 13.2. The monoisotopic (exact) mass is 474 g/mol. The number of amides is 1. The molecule has 172 valence electrons. The van der Waals surface area contributed by atoms with Crippen molar-refractivity contribution in [1.82, 2.24) is 9.62 Å². The van der Waals surface area contributed by atoms with Crippen LogP contribution in [0, 0.1) is 12.8 Å². The van der Waals surface area contributed by atoms with E-state index in [1.807, 2.05) is 31.2 Å². The third-order valence-corrected chi connectivity index (χ3v) is 9.27. The van der Waals surface area contributed by atoms with E-state index in [4.69, 9.17) is 11.6 Å². The van der Waals surface area contributed by atoms with E-state index in [9.17, 15) is 13.2 Å². The Morgan fingerprint density at radius 2 is 1.62 bits per heavy atom. The summed E-state index contributed by atoms with van der Waals surface area (Å²) in [7, 11) is -3.51. The van der Waals surface area contributed by atoms with E-state index in [1.54, 1.807) is 12.1 Å². The highest BCUT2D eigenvalue weighted by atomic mass is 35.5. The van der Waals surface area contributed by atoms with Crippen molar-refractivity contribution in [3.05, 3.63) is 64.7 Å². The summed E-state index contributed by atoms with van der Waals surface area (Å²) < 4.78 is 27.3. The molecule has 0 spiro atoms. The van der Waals surface area contributed by atoms with Crippen molar-refractivity contribution in [2.75, 3.05) is 19.6 Å². The minimum absolute atomic E-state index is 0.0320. The molecule has 0 radical (unpaired) electrons. The van der Waals surface area contributed by atoms with Crippen LogP contribution in [0.25, 0.3) is 0 Å². The van der Waals surface area contributed by atoms with Crippen LogP contribution in [-0.4, -0.2) is 38.3 Å². The van der Waals surface area contributed by atoms with Gasteiger partial charge in [-0.1, -0.05) is 54.3 Å². The minimum Gasteiger partial charge on any atom is -0.355 e. The van der Waals surface area contributed by atoms with E-state index in [2.05, 4.69) is 17.4 Å². The molecule has 0 atom stereocenters. The maximum absolute atomic E-state index is 12.9. The molecule has 1 N–H and O–H groups in total. The Morgan fingerprint density at radius 1 is 1.03 bits per heavy atom. The van der Waals surface area contributed by atoms with Crippen LogP contribution in [0.2, 0.25) is 5.02 Å². The highest BCUT2D eigenvalue weighted by Gasteiger charge is 2.37. The van der Waals surface area contributed by atoms with Gasteiger partial charge in [0.05, 0.1) is 4.90 Å². The van der Waals surface area contributed by atoms with Crippen LogP contribution in [-0.2, 0) is 20.2 Å². The number of sulfonamides is 1. The summed E-state index contributed by atoms with van der Waals surface area (Å²) in [6.45, 7) is 3.30. The van der Waals surface area contributed by atoms with E-state index in [0.29, 0.717) is 37.4 Å². The van der Waals surface area contributed by atoms with Crippen LogP contribution < -0.4 is 5.32 Å². The van der Waals surface area contributed by atoms with Gasteiger partial charge < -0.3 is 5.32 Å². The van der Waals surface area contributed by atoms with Gasteiger partial charge in [-0.2, -0.15) is 4.31 Å². The Kier molecular flexibility index (Phi) is 6.94. The van der Waals surface area contributed by atoms with Crippen molar-refractivity contribution in [3.63, 3.8) is 0 Å². The number of rotatable bonds is 6. The van der Waals surface area contributed by atoms with E-state index in [-0.39, 0.29) is 17.2 Å². The quantitative estimate of drug-likeness (QED) is 0.661. The van der Waals surface area contributed by atoms with Gasteiger partial charge in [-0.25, -0.2) is 8.42 Å². The standard InChI is InChI=1S/C25H31ClN2O3S/c1-19-4-10-23(11-5-19)32(30,31)28-16-12-20(13-17-28)24(29)27-18-25(14-2-3-15-25)21-6-8-22(26)9-7-21/h4-11,20H,2-3,12-18H2,1H3,(H,27,29). The number of nitrogens with zero attached hydrogens (tertiary/aromatic N) is 1. The van der Waals surface area contributed by atoms with Crippen LogP contribution in [0.5, 0.6) is 0 Å². The Labute approximate surface area is 196 Å². The summed E-state index contributed by atoms with van der Waals surface area (Å²) in [5.74, 6) is -0.110. The van der Waals surface area contributed by atoms with Gasteiger partial charge in [0.15, 0.2) is 0 Å². The zero-order valence-corrected chi connectivity index (χ0v) is 20.1. The van der Waals surface area contributed by atoms with Crippen molar-refractivity contribution in [3.8, 4) is 0 Å². The summed E-state index contributed by atoms with van der Waals surface area (Å²) in [4.78, 5) is 13.3. The summed E-state index contributed by atoms with van der Waals surface area (Å²) in [5.41, 5.74) is 2.23. The molecule has 1 aliphatic heterocycles. The molecule has 1 heterocycles. The van der Waals surface area contributed by atoms with Crippen molar-refractivity contribution >= 4 is 27.5 Å². The number of nitrogens with one attached hydrogen (secondary N) is 1. The number of aryl methyl sites for hydroxylation is 1. The fourth-order valence-corrected chi connectivity index (χ4v) is 6.64. The first kappa shape index (κ1) is 23.3. The van der Waals surface area contributed by atoms with Crippen LogP contribution in [0.15, 0.2) is 53.4 Å². The fraction of sp³-hybridized carbons (Fsp3) is 0.480. The van der Waals surface area contributed by atoms with E-state index >= 15 is 0 Å². The first-order chi connectivity index (χ1) is 15.3. The molecule has 0 unspecified atom stereocenters. The molecule has 7 heteroatoms. The molecule has 4 rings (SSSR count). The molecule has 5 nitrogen and oxygen atoms in total. The predicted octanol–water partition coefficient (Wildman–Crippen LogP) is 4.68. The highest BCUT2D eigenvalue weighted by molar-refractivity contribution is 7.89. The summed E-state index contributed by atoms with van der Waals surface area (Å²) in [6.07, 6.45) is 5.53. The summed E-state index contributed by atoms with van der Waals surface area (Å²) in [6, 6.07) is 14.9. The molecular weight excluding hydrogens is 444 g/mol. The molecule has 32 heavy (non-hydrogen) atoms. The predicted molar refractivity (Wildman–Crippen MR) is 127 cm³/mol. The molecule has 2 aromatic carbocycles. The van der Waals surface area contributed by atoms with Gasteiger partial charge in [-0.15, -0.1) is 0 Å². The maximum Gasteiger partial charge on any atom is 0.243 e. The van der Waals surface area contributed by atoms with Gasteiger partial charge >= 0.3 is 0 Å². The number of hydrogen-bond acceptors (Lipinski definition) is 3. The zero-order chi connectivity index (χ0) is 22.8. The second kappa shape index (κ2) is 9.54. The lowest BCUT2D eigenvalue weighted by Crippen LogP contribution is -2.45. The smallest absolute Gasteiger partial charge is 0.243 e. The van der Waals surface area contributed by atoms with Crippen molar-refractivity contribution < 1.29 is 13.2 Å². The van der Waals surface area contributed by atoms with Gasteiger partial charge in [0.25, 0.3) is 0 Å². The third-order valence-electron chi connectivity index (χ3n) is 7.10. The molecule has 2 aromatic rings. The van der Waals surface area contributed by atoms with E-state index in [1.165, 1.54) is 9.87 Å². The van der Waals surface area contributed by atoms with Crippen LogP contribution in [0.4, 0.5) is 0 Å². The SMILES string of the molecule is Cc1ccc(S(=O)(=O)N2CCC(C(=O)NCC3(c4ccc(Cl)cc4)CCCC3)CC2)cc1. The highest BCUT2D eigenvalue weighted by Crippen LogP contribution is 2.41. The average Bonchev–Trinajstić information content (AvgIpc) is 3.28. The maximum atomic E-state index is 12.9. The molecule has 0 aromatic heterocycles. The number of carbonyl (C=O) groups excluding carboxylic acids is 1. The van der Waals surface area contributed by atoms with Crippen molar-refractivity contribution in [2.45, 2.75) is 55.8 Å². The fourth-order valence-electron chi connectivity index (χ4n) is 5.04. The van der Waals surface area contributed by atoms with Crippen molar-refractivity contribution in [2.24, 2.45) is 5.92 Å². The summed E-state index contributed by atoms with van der Waals surface area (Å²) >= 11 is 6.07. The second-order valence-electron chi connectivity index (χ2n) is 9.20. The lowest BCUT2D eigenvalue weighted by molar-refractivity contribution is -0.126.